The van der Waals surface area contributed by atoms with Gasteiger partial charge in [0.15, 0.2) is 5.82 Å². The number of aromatic nitrogens is 2. The Morgan fingerprint density at radius 2 is 2.17 bits per heavy atom. The molecule has 0 N–H and O–H groups in total. The van der Waals surface area contributed by atoms with Crippen LogP contribution in [-0.2, 0) is 0 Å². The summed E-state index contributed by atoms with van der Waals surface area (Å²) in [5.74, 6) is 2.78. The summed E-state index contributed by atoms with van der Waals surface area (Å²) >= 11 is 0. The second kappa shape index (κ2) is 6.56. The summed E-state index contributed by atoms with van der Waals surface area (Å²) in [5.41, 5.74) is 0.653. The lowest BCUT2D eigenvalue weighted by Gasteiger charge is -2.30. The van der Waals surface area contributed by atoms with Gasteiger partial charge in [0.25, 0.3) is 5.91 Å². The number of nitrogens with zero attached hydrogens (tertiary/aromatic N) is 3. The van der Waals surface area contributed by atoms with Gasteiger partial charge in [-0.2, -0.15) is 4.98 Å². The fraction of sp³-hybridized carbons (Fsp3) is 0.588. The molecule has 0 bridgehead atoms. The van der Waals surface area contributed by atoms with Crippen LogP contribution in [0.2, 0.25) is 0 Å². The van der Waals surface area contributed by atoms with Crippen molar-refractivity contribution in [2.45, 2.75) is 51.9 Å². The van der Waals surface area contributed by atoms with E-state index in [0.29, 0.717) is 36.2 Å². The molecule has 3 rings (SSSR count). The summed E-state index contributed by atoms with van der Waals surface area (Å²) in [7, 11) is 0. The molecule has 6 heteroatoms. The lowest BCUT2D eigenvalue weighted by atomic mass is 9.96. The topological polar surface area (TPSA) is 72.4 Å². The summed E-state index contributed by atoms with van der Waals surface area (Å²) in [6.07, 6.45) is 4.26. The van der Waals surface area contributed by atoms with Crippen LogP contribution in [0.4, 0.5) is 0 Å². The zero-order valence-corrected chi connectivity index (χ0v) is 13.9. The van der Waals surface area contributed by atoms with Crippen LogP contribution in [0, 0.1) is 6.92 Å². The van der Waals surface area contributed by atoms with Gasteiger partial charge in [-0.1, -0.05) is 19.0 Å². The maximum atomic E-state index is 12.5. The molecule has 0 aliphatic carbocycles. The number of amides is 1. The highest BCUT2D eigenvalue weighted by Gasteiger charge is 2.29. The monoisotopic (exact) mass is 317 g/mol. The molecule has 6 nitrogen and oxygen atoms in total. The zero-order valence-electron chi connectivity index (χ0n) is 13.9. The molecule has 0 radical (unpaired) electrons. The van der Waals surface area contributed by atoms with Crippen molar-refractivity contribution in [1.82, 2.24) is 15.0 Å². The Kier molecular flexibility index (Phi) is 4.50. The summed E-state index contributed by atoms with van der Waals surface area (Å²) in [5, 5.41) is 4.09. The van der Waals surface area contributed by atoms with Crippen LogP contribution in [-0.4, -0.2) is 34.0 Å². The lowest BCUT2D eigenvalue weighted by molar-refractivity contribution is 0.0702. The van der Waals surface area contributed by atoms with Crippen molar-refractivity contribution in [2.24, 2.45) is 0 Å². The minimum atomic E-state index is 0.0422. The Balaban J connectivity index is 1.61. The van der Waals surface area contributed by atoms with Crippen LogP contribution >= 0.6 is 0 Å². The molecule has 0 aromatic carbocycles. The van der Waals surface area contributed by atoms with E-state index in [2.05, 4.69) is 24.0 Å². The minimum absolute atomic E-state index is 0.0422. The third-order valence-corrected chi connectivity index (χ3v) is 4.73. The third kappa shape index (κ3) is 3.16. The van der Waals surface area contributed by atoms with Crippen LogP contribution in [0.5, 0.6) is 0 Å². The number of carbonyl (C=O) groups excluding carboxylic acids is 1. The van der Waals surface area contributed by atoms with Crippen LogP contribution in [0.15, 0.2) is 21.3 Å². The first-order chi connectivity index (χ1) is 11.1. The molecule has 1 unspecified atom stereocenters. The van der Waals surface area contributed by atoms with Gasteiger partial charge in [-0.25, -0.2) is 0 Å². The number of aryl methyl sites for hydroxylation is 1. The number of rotatable bonds is 4. The van der Waals surface area contributed by atoms with Gasteiger partial charge in [-0.05, 0) is 32.3 Å². The summed E-state index contributed by atoms with van der Waals surface area (Å²) in [6, 6.07) is 1.74. The van der Waals surface area contributed by atoms with E-state index < -0.39 is 0 Å². The van der Waals surface area contributed by atoms with E-state index in [1.165, 1.54) is 0 Å². The number of hydrogen-bond donors (Lipinski definition) is 0. The first-order valence-electron chi connectivity index (χ1n) is 8.27. The summed E-state index contributed by atoms with van der Waals surface area (Å²) in [6.45, 7) is 7.44. The number of carbonyl (C=O) groups is 1. The fourth-order valence-electron chi connectivity index (χ4n) is 2.90. The molecular weight excluding hydrogens is 294 g/mol. The highest BCUT2D eigenvalue weighted by molar-refractivity contribution is 5.95. The molecule has 1 saturated heterocycles. The molecule has 1 atom stereocenters. The highest BCUT2D eigenvalue weighted by atomic mass is 16.5. The fourth-order valence-corrected chi connectivity index (χ4v) is 2.90. The van der Waals surface area contributed by atoms with Crippen molar-refractivity contribution in [3.8, 4) is 0 Å². The van der Waals surface area contributed by atoms with Gasteiger partial charge in [-0.15, -0.1) is 0 Å². The van der Waals surface area contributed by atoms with Gasteiger partial charge in [0.1, 0.15) is 5.76 Å². The Hall–Kier alpha value is -2.11. The molecule has 1 aliphatic heterocycles. The predicted octanol–water partition coefficient (Wildman–Crippen LogP) is 3.50. The SMILES string of the molecule is CCC(C)c1noc(C2CCN(C(=O)c3ccoc3C)CC2)n1. The standard InChI is InChI=1S/C17H23N3O3/c1-4-11(2)15-18-16(23-19-15)13-5-8-20(9-6-13)17(21)14-7-10-22-12(14)3/h7,10-11,13H,4-6,8-9H2,1-3H3. The minimum Gasteiger partial charge on any atom is -0.469 e. The normalized spacial score (nSPS) is 17.4. The smallest absolute Gasteiger partial charge is 0.257 e. The average Bonchev–Trinajstić information content (AvgIpc) is 3.23. The molecule has 124 valence electrons. The molecule has 1 aliphatic rings. The summed E-state index contributed by atoms with van der Waals surface area (Å²) < 4.78 is 10.7. The number of furan rings is 1. The quantitative estimate of drug-likeness (QED) is 0.863. The van der Waals surface area contributed by atoms with Crippen LogP contribution < -0.4 is 0 Å². The van der Waals surface area contributed by atoms with Crippen molar-refractivity contribution in [3.63, 3.8) is 0 Å². The van der Waals surface area contributed by atoms with E-state index in [1.54, 1.807) is 12.3 Å². The maximum Gasteiger partial charge on any atom is 0.257 e. The first kappa shape index (κ1) is 15.8. The maximum absolute atomic E-state index is 12.5. The molecule has 1 fully saturated rings. The molecule has 2 aromatic rings. The van der Waals surface area contributed by atoms with Crippen molar-refractivity contribution in [3.05, 3.63) is 35.4 Å². The Morgan fingerprint density at radius 1 is 1.43 bits per heavy atom. The second-order valence-electron chi connectivity index (χ2n) is 6.26. The highest BCUT2D eigenvalue weighted by Crippen LogP contribution is 2.29. The number of piperidine rings is 1. The molecule has 0 saturated carbocycles. The summed E-state index contributed by atoms with van der Waals surface area (Å²) in [4.78, 5) is 18.9. The van der Waals surface area contributed by atoms with Crippen LogP contribution in [0.3, 0.4) is 0 Å². The van der Waals surface area contributed by atoms with Crippen molar-refractivity contribution in [1.29, 1.82) is 0 Å². The molecular formula is C17H23N3O3. The van der Waals surface area contributed by atoms with Gasteiger partial charge in [-0.3, -0.25) is 4.79 Å². The van der Waals surface area contributed by atoms with Crippen LogP contribution in [0.1, 0.15) is 72.8 Å². The van der Waals surface area contributed by atoms with E-state index in [1.807, 2.05) is 11.8 Å². The van der Waals surface area contributed by atoms with E-state index in [-0.39, 0.29) is 11.8 Å². The lowest BCUT2D eigenvalue weighted by Crippen LogP contribution is -2.38. The van der Waals surface area contributed by atoms with E-state index >= 15 is 0 Å². The van der Waals surface area contributed by atoms with Crippen LogP contribution in [0.25, 0.3) is 0 Å². The van der Waals surface area contributed by atoms with Crippen molar-refractivity contribution >= 4 is 5.91 Å². The number of hydrogen-bond acceptors (Lipinski definition) is 5. The first-order valence-corrected chi connectivity index (χ1v) is 8.27. The van der Waals surface area contributed by atoms with E-state index in [4.69, 9.17) is 8.94 Å². The van der Waals surface area contributed by atoms with E-state index in [9.17, 15) is 4.79 Å². The Bertz CT molecular complexity index is 668. The van der Waals surface area contributed by atoms with Gasteiger partial charge >= 0.3 is 0 Å². The predicted molar refractivity (Wildman–Crippen MR) is 84.3 cm³/mol. The Labute approximate surface area is 135 Å². The van der Waals surface area contributed by atoms with Crippen molar-refractivity contribution in [2.75, 3.05) is 13.1 Å². The Morgan fingerprint density at radius 3 is 2.78 bits per heavy atom. The average molecular weight is 317 g/mol. The van der Waals surface area contributed by atoms with Gasteiger partial charge in [0, 0.05) is 24.9 Å². The van der Waals surface area contributed by atoms with Gasteiger partial charge in [0.2, 0.25) is 5.89 Å². The zero-order chi connectivity index (χ0) is 16.4. The number of likely N-dealkylation sites (tertiary alicyclic amines) is 1. The molecule has 23 heavy (non-hydrogen) atoms. The van der Waals surface area contributed by atoms with Gasteiger partial charge < -0.3 is 13.8 Å². The largest absolute Gasteiger partial charge is 0.469 e. The molecule has 2 aromatic heterocycles. The van der Waals surface area contributed by atoms with E-state index in [0.717, 1.165) is 25.1 Å². The van der Waals surface area contributed by atoms with Crippen molar-refractivity contribution < 1.29 is 13.7 Å². The molecule has 0 spiro atoms. The third-order valence-electron chi connectivity index (χ3n) is 4.73. The molecule has 1 amide bonds. The van der Waals surface area contributed by atoms with Gasteiger partial charge in [0.05, 0.1) is 11.8 Å². The molecule has 3 heterocycles. The second-order valence-corrected chi connectivity index (χ2v) is 6.26.